The SMILES string of the molecule is CC.CC[O][Ti]([O]CC)[O]CC.CC[O][Ti]([O]CC)[O]CC. The fourth-order valence-electron chi connectivity index (χ4n) is 0.957. The van der Waals surface area contributed by atoms with Crippen LogP contribution in [0.3, 0.4) is 0 Å². The Morgan fingerprint density at radius 1 is 0.409 bits per heavy atom. The van der Waals surface area contributed by atoms with E-state index in [2.05, 4.69) is 0 Å². The van der Waals surface area contributed by atoms with Crippen LogP contribution in [0, 0.1) is 0 Å². The Bertz CT molecular complexity index is 131. The average molecular weight is 396 g/mol. The van der Waals surface area contributed by atoms with Crippen LogP contribution in [0.25, 0.3) is 0 Å². The molecule has 0 aromatic heterocycles. The second-order valence-corrected chi connectivity index (χ2v) is 7.36. The molecule has 0 aliphatic carbocycles. The van der Waals surface area contributed by atoms with Gasteiger partial charge in [-0.05, 0) is 0 Å². The van der Waals surface area contributed by atoms with Crippen molar-refractivity contribution < 1.29 is 58.0 Å². The fraction of sp³-hybridized carbons (Fsp3) is 1.00. The Labute approximate surface area is 152 Å². The van der Waals surface area contributed by atoms with Crippen LogP contribution in [-0.4, -0.2) is 39.6 Å². The molecule has 0 N–H and O–H groups in total. The molecule has 0 aromatic rings. The zero-order valence-electron chi connectivity index (χ0n) is 15.7. The van der Waals surface area contributed by atoms with Gasteiger partial charge in [0.05, 0.1) is 0 Å². The first-order valence-corrected chi connectivity index (χ1v) is 12.0. The molecule has 0 fully saturated rings. The van der Waals surface area contributed by atoms with Crippen molar-refractivity contribution in [3.05, 3.63) is 0 Å². The molecule has 0 amide bonds. The van der Waals surface area contributed by atoms with Gasteiger partial charge in [0, 0.05) is 0 Å². The second kappa shape index (κ2) is 27.1. The van der Waals surface area contributed by atoms with Crippen molar-refractivity contribution in [2.24, 2.45) is 0 Å². The van der Waals surface area contributed by atoms with Crippen LogP contribution in [0.4, 0.5) is 0 Å². The van der Waals surface area contributed by atoms with Gasteiger partial charge in [-0.15, -0.1) is 0 Å². The molecule has 0 saturated carbocycles. The van der Waals surface area contributed by atoms with Crippen LogP contribution < -0.4 is 0 Å². The Hall–Kier alpha value is 1.19. The summed E-state index contributed by atoms with van der Waals surface area (Å²) in [4.78, 5) is 0. The summed E-state index contributed by atoms with van der Waals surface area (Å²) in [6, 6.07) is 0. The van der Waals surface area contributed by atoms with Gasteiger partial charge in [0.15, 0.2) is 0 Å². The summed E-state index contributed by atoms with van der Waals surface area (Å²) in [7, 11) is 0. The molecular weight excluding hydrogens is 360 g/mol. The van der Waals surface area contributed by atoms with E-state index >= 15 is 0 Å². The average Bonchev–Trinajstić information content (AvgIpc) is 2.52. The van der Waals surface area contributed by atoms with E-state index in [-0.39, 0.29) is 0 Å². The molecule has 0 spiro atoms. The molecule has 22 heavy (non-hydrogen) atoms. The molecular formula is C14H36O6Ti2. The van der Waals surface area contributed by atoms with Crippen molar-refractivity contribution in [3.8, 4) is 0 Å². The van der Waals surface area contributed by atoms with Crippen LogP contribution in [0.1, 0.15) is 55.4 Å². The molecule has 0 radical (unpaired) electrons. The Balaban J connectivity index is -0.000000294. The van der Waals surface area contributed by atoms with Gasteiger partial charge in [-0.25, -0.2) is 0 Å². The zero-order chi connectivity index (χ0) is 17.6. The van der Waals surface area contributed by atoms with E-state index in [1.54, 1.807) is 0 Å². The fourth-order valence-corrected chi connectivity index (χ4v) is 3.95. The van der Waals surface area contributed by atoms with Gasteiger partial charge in [-0.1, -0.05) is 13.8 Å². The summed E-state index contributed by atoms with van der Waals surface area (Å²) < 4.78 is 31.5. The molecule has 0 atom stereocenters. The van der Waals surface area contributed by atoms with Crippen LogP contribution in [0.15, 0.2) is 0 Å². The van der Waals surface area contributed by atoms with Gasteiger partial charge in [0.1, 0.15) is 0 Å². The molecule has 0 unspecified atom stereocenters. The zero-order valence-corrected chi connectivity index (χ0v) is 18.8. The second-order valence-electron chi connectivity index (χ2n) is 3.10. The molecule has 0 aliphatic heterocycles. The van der Waals surface area contributed by atoms with Gasteiger partial charge < -0.3 is 0 Å². The standard InChI is InChI=1S/6C2H5O.C2H6.2Ti/c6*1-2-3;1-2;;/h6*2H2,1H3;1-2H3;;/q6*-1;;2*+3. The Morgan fingerprint density at radius 2 is 0.545 bits per heavy atom. The predicted molar refractivity (Wildman–Crippen MR) is 81.1 cm³/mol. The maximum absolute atomic E-state index is 5.24. The number of hydrogen-bond donors (Lipinski definition) is 0. The molecule has 8 heteroatoms. The van der Waals surface area contributed by atoms with Crippen molar-refractivity contribution >= 4 is 0 Å². The van der Waals surface area contributed by atoms with E-state index in [0.29, 0.717) is 39.6 Å². The molecule has 136 valence electrons. The van der Waals surface area contributed by atoms with Gasteiger partial charge in [0.2, 0.25) is 0 Å². The topological polar surface area (TPSA) is 55.4 Å². The summed E-state index contributed by atoms with van der Waals surface area (Å²) >= 11 is -3.97. The van der Waals surface area contributed by atoms with E-state index in [0.717, 1.165) is 0 Å². The van der Waals surface area contributed by atoms with Gasteiger partial charge in [-0.3, -0.25) is 0 Å². The minimum atomic E-state index is -1.99. The van der Waals surface area contributed by atoms with Gasteiger partial charge >= 0.3 is 139 Å². The number of rotatable bonds is 12. The summed E-state index contributed by atoms with van der Waals surface area (Å²) in [5.74, 6) is 0. The first-order chi connectivity index (χ1) is 10.7. The van der Waals surface area contributed by atoms with E-state index in [4.69, 9.17) is 19.9 Å². The maximum atomic E-state index is 5.24. The quantitative estimate of drug-likeness (QED) is 0.466. The third-order valence-corrected chi connectivity index (χ3v) is 6.49. The first-order valence-electron chi connectivity index (χ1n) is 8.20. The predicted octanol–water partition coefficient (Wildman–Crippen LogP) is 3.94. The Kier molecular flexibility index (Phi) is 34.4. The van der Waals surface area contributed by atoms with Crippen LogP contribution in [0.2, 0.25) is 0 Å². The van der Waals surface area contributed by atoms with Crippen LogP contribution in [0.5, 0.6) is 0 Å². The molecule has 6 nitrogen and oxygen atoms in total. The van der Waals surface area contributed by atoms with Gasteiger partial charge in [-0.2, -0.15) is 0 Å². The van der Waals surface area contributed by atoms with Crippen LogP contribution >= 0.6 is 0 Å². The van der Waals surface area contributed by atoms with Crippen molar-refractivity contribution in [1.82, 2.24) is 0 Å². The molecule has 0 aromatic carbocycles. The third kappa shape index (κ3) is 23.5. The van der Waals surface area contributed by atoms with E-state index in [1.807, 2.05) is 55.4 Å². The molecule has 0 aliphatic rings. The molecule has 0 saturated heterocycles. The monoisotopic (exact) mass is 396 g/mol. The summed E-state index contributed by atoms with van der Waals surface area (Å²) in [5, 5.41) is 0. The first kappa shape index (κ1) is 28.0. The van der Waals surface area contributed by atoms with Crippen LogP contribution in [-0.2, 0) is 58.0 Å². The summed E-state index contributed by atoms with van der Waals surface area (Å²) in [6.45, 7) is 19.8. The van der Waals surface area contributed by atoms with Gasteiger partial charge in [0.25, 0.3) is 0 Å². The summed E-state index contributed by atoms with van der Waals surface area (Å²) in [6.07, 6.45) is 0. The Morgan fingerprint density at radius 3 is 0.636 bits per heavy atom. The van der Waals surface area contributed by atoms with E-state index in [9.17, 15) is 0 Å². The van der Waals surface area contributed by atoms with E-state index < -0.39 is 38.1 Å². The van der Waals surface area contributed by atoms with Crippen molar-refractivity contribution in [3.63, 3.8) is 0 Å². The number of hydrogen-bond acceptors (Lipinski definition) is 6. The molecule has 0 heterocycles. The van der Waals surface area contributed by atoms with Crippen molar-refractivity contribution in [1.29, 1.82) is 0 Å². The molecule has 0 rings (SSSR count). The molecule has 0 bridgehead atoms. The third-order valence-electron chi connectivity index (χ3n) is 1.57. The van der Waals surface area contributed by atoms with E-state index in [1.165, 1.54) is 0 Å². The van der Waals surface area contributed by atoms with Crippen molar-refractivity contribution in [2.75, 3.05) is 39.6 Å². The minimum absolute atomic E-state index is 0.690. The summed E-state index contributed by atoms with van der Waals surface area (Å²) in [5.41, 5.74) is 0. The van der Waals surface area contributed by atoms with Crippen molar-refractivity contribution in [2.45, 2.75) is 55.4 Å². The normalized spacial score (nSPS) is 9.27.